The van der Waals surface area contributed by atoms with Gasteiger partial charge in [-0.3, -0.25) is 19.4 Å². The molecule has 8 nitrogen and oxygen atoms in total. The highest BCUT2D eigenvalue weighted by Crippen LogP contribution is 2.33. The number of likely N-dealkylation sites (tertiary alicyclic amines) is 1. The number of pyridine rings is 1. The molecule has 4 heterocycles. The molecule has 8 heteroatoms. The van der Waals surface area contributed by atoms with Gasteiger partial charge in [0.25, 0.3) is 11.5 Å². The molecule has 1 saturated carbocycles. The number of hydrogen-bond acceptors (Lipinski definition) is 5. The minimum absolute atomic E-state index is 0.0660. The first-order valence-electron chi connectivity index (χ1n) is 10.7. The normalized spacial score (nSPS) is 21.3. The summed E-state index contributed by atoms with van der Waals surface area (Å²) in [5.74, 6) is 0.796. The van der Waals surface area contributed by atoms with Gasteiger partial charge in [0.2, 0.25) is 5.91 Å². The lowest BCUT2D eigenvalue weighted by Crippen LogP contribution is -2.43. The Balaban J connectivity index is 1.42. The Hall–Kier alpha value is -3.03. The number of carbonyl (C=O) groups excluding carboxylic acids is 2. The molecule has 1 N–H and O–H groups in total. The molecule has 1 aliphatic carbocycles. The first-order chi connectivity index (χ1) is 14.6. The summed E-state index contributed by atoms with van der Waals surface area (Å²) in [7, 11) is 0. The molecule has 1 atom stereocenters. The molecule has 0 aromatic carbocycles. The van der Waals surface area contributed by atoms with Crippen molar-refractivity contribution in [1.29, 1.82) is 0 Å². The third-order valence-corrected chi connectivity index (χ3v) is 6.33. The minimum Gasteiger partial charge on any atom is -0.337 e. The number of aromatic nitrogens is 3. The van der Waals surface area contributed by atoms with Crippen LogP contribution >= 0.6 is 0 Å². The quantitative estimate of drug-likeness (QED) is 0.837. The Morgan fingerprint density at radius 1 is 1.07 bits per heavy atom. The van der Waals surface area contributed by atoms with Gasteiger partial charge in [-0.2, -0.15) is 0 Å². The van der Waals surface area contributed by atoms with Gasteiger partial charge in [0.15, 0.2) is 0 Å². The fraction of sp³-hybridized carbons (Fsp3) is 0.500. The van der Waals surface area contributed by atoms with E-state index in [9.17, 15) is 14.4 Å². The van der Waals surface area contributed by atoms with Crippen LogP contribution in [0.2, 0.25) is 0 Å². The maximum Gasteiger partial charge on any atom is 0.256 e. The average molecular weight is 407 g/mol. The number of aromatic amines is 1. The van der Waals surface area contributed by atoms with Gasteiger partial charge in [0.05, 0.1) is 23.8 Å². The lowest BCUT2D eigenvalue weighted by Gasteiger charge is -2.36. The summed E-state index contributed by atoms with van der Waals surface area (Å²) in [5, 5.41) is 0. The van der Waals surface area contributed by atoms with Crippen LogP contribution in [0.25, 0.3) is 0 Å². The topological polar surface area (TPSA) is 99.3 Å². The van der Waals surface area contributed by atoms with Crippen LogP contribution in [0.1, 0.15) is 65.6 Å². The molecule has 2 amide bonds. The third kappa shape index (κ3) is 3.51. The van der Waals surface area contributed by atoms with E-state index in [0.717, 1.165) is 37.8 Å². The van der Waals surface area contributed by atoms with Gasteiger partial charge >= 0.3 is 0 Å². The summed E-state index contributed by atoms with van der Waals surface area (Å²) in [6, 6.07) is 3.17. The van der Waals surface area contributed by atoms with Crippen LogP contribution < -0.4 is 5.56 Å². The van der Waals surface area contributed by atoms with E-state index in [-0.39, 0.29) is 29.3 Å². The van der Waals surface area contributed by atoms with Gasteiger partial charge in [0.1, 0.15) is 5.82 Å². The second kappa shape index (κ2) is 7.66. The number of H-pyrrole nitrogens is 1. The molecule has 156 valence electrons. The molecule has 0 radical (unpaired) electrons. The molecule has 1 saturated heterocycles. The van der Waals surface area contributed by atoms with Crippen LogP contribution in [-0.2, 0) is 17.8 Å². The van der Waals surface area contributed by atoms with Crippen molar-refractivity contribution >= 4 is 11.8 Å². The van der Waals surface area contributed by atoms with Crippen molar-refractivity contribution in [2.45, 2.75) is 51.1 Å². The minimum atomic E-state index is -0.247. The fourth-order valence-corrected chi connectivity index (χ4v) is 4.50. The molecule has 2 fully saturated rings. The molecule has 5 rings (SSSR count). The largest absolute Gasteiger partial charge is 0.337 e. The Kier molecular flexibility index (Phi) is 4.84. The zero-order chi connectivity index (χ0) is 20.7. The lowest BCUT2D eigenvalue weighted by atomic mass is 9.99. The van der Waals surface area contributed by atoms with E-state index in [1.54, 1.807) is 29.4 Å². The highest BCUT2D eigenvalue weighted by atomic mass is 16.2. The summed E-state index contributed by atoms with van der Waals surface area (Å²) >= 11 is 0. The Morgan fingerprint density at radius 2 is 1.87 bits per heavy atom. The van der Waals surface area contributed by atoms with E-state index in [4.69, 9.17) is 4.98 Å². The number of hydrogen-bond donors (Lipinski definition) is 1. The molecule has 0 bridgehead atoms. The number of rotatable bonds is 3. The second-order valence-electron chi connectivity index (χ2n) is 8.41. The van der Waals surface area contributed by atoms with Crippen molar-refractivity contribution in [3.8, 4) is 0 Å². The summed E-state index contributed by atoms with van der Waals surface area (Å²) in [6.07, 6.45) is 8.40. The van der Waals surface area contributed by atoms with Crippen molar-refractivity contribution in [2.24, 2.45) is 5.92 Å². The zero-order valence-electron chi connectivity index (χ0n) is 16.8. The summed E-state index contributed by atoms with van der Waals surface area (Å²) in [4.78, 5) is 53.7. The van der Waals surface area contributed by atoms with Gasteiger partial charge in [-0.05, 0) is 44.2 Å². The molecule has 0 spiro atoms. The van der Waals surface area contributed by atoms with E-state index in [0.29, 0.717) is 43.0 Å². The van der Waals surface area contributed by atoms with Crippen LogP contribution in [0.5, 0.6) is 0 Å². The average Bonchev–Trinajstić information content (AvgIpc) is 3.64. The highest BCUT2D eigenvalue weighted by molar-refractivity contribution is 5.94. The van der Waals surface area contributed by atoms with Crippen LogP contribution in [0.4, 0.5) is 0 Å². The van der Waals surface area contributed by atoms with Crippen LogP contribution in [0.3, 0.4) is 0 Å². The molecular weight excluding hydrogens is 382 g/mol. The van der Waals surface area contributed by atoms with E-state index < -0.39 is 0 Å². The lowest BCUT2D eigenvalue weighted by molar-refractivity contribution is -0.133. The van der Waals surface area contributed by atoms with Crippen molar-refractivity contribution in [1.82, 2.24) is 24.8 Å². The van der Waals surface area contributed by atoms with Gasteiger partial charge in [-0.1, -0.05) is 0 Å². The molecule has 0 unspecified atom stereocenters. The smallest absolute Gasteiger partial charge is 0.256 e. The van der Waals surface area contributed by atoms with Gasteiger partial charge < -0.3 is 14.8 Å². The zero-order valence-corrected chi connectivity index (χ0v) is 16.8. The third-order valence-electron chi connectivity index (χ3n) is 6.33. The summed E-state index contributed by atoms with van der Waals surface area (Å²) in [5.41, 5.74) is 1.74. The van der Waals surface area contributed by atoms with Crippen LogP contribution in [0, 0.1) is 5.92 Å². The number of fused-ring (bicyclic) bond motifs is 1. The Labute approximate surface area is 174 Å². The molecular formula is C22H25N5O3. The summed E-state index contributed by atoms with van der Waals surface area (Å²) in [6.45, 7) is 1.57. The van der Waals surface area contributed by atoms with E-state index in [1.165, 1.54) is 0 Å². The Bertz CT molecular complexity index is 1030. The van der Waals surface area contributed by atoms with Crippen molar-refractivity contribution in [3.63, 3.8) is 0 Å². The number of nitrogens with one attached hydrogen (secondary N) is 1. The SMILES string of the molecule is O=C(C1CC1)N1CCc2nc([C@@H]3CCCCN3C(=O)c3ccncc3)[nH]c(=O)c2C1. The van der Waals surface area contributed by atoms with Gasteiger partial charge in [-0.15, -0.1) is 0 Å². The molecule has 2 aromatic heterocycles. The summed E-state index contributed by atoms with van der Waals surface area (Å²) < 4.78 is 0. The number of amides is 2. The Morgan fingerprint density at radius 3 is 2.63 bits per heavy atom. The van der Waals surface area contributed by atoms with Crippen LogP contribution in [0.15, 0.2) is 29.3 Å². The maximum atomic E-state index is 13.1. The standard InChI is InChI=1S/C22H25N5O3/c28-20-16-13-26(21(29)14-4-5-14)12-8-17(16)24-19(25-20)18-3-1-2-11-27(18)22(30)15-6-9-23-10-7-15/h6-7,9-10,14,18H,1-5,8,11-13H2,(H,24,25,28)/t18-/m0/s1. The number of piperidine rings is 1. The van der Waals surface area contributed by atoms with Crippen molar-refractivity contribution in [2.75, 3.05) is 13.1 Å². The monoisotopic (exact) mass is 407 g/mol. The second-order valence-corrected chi connectivity index (χ2v) is 8.41. The molecule has 2 aromatic rings. The van der Waals surface area contributed by atoms with Crippen LogP contribution in [-0.4, -0.2) is 49.7 Å². The number of nitrogens with zero attached hydrogens (tertiary/aromatic N) is 4. The van der Waals surface area contributed by atoms with E-state index in [1.807, 2.05) is 4.90 Å². The predicted octanol–water partition coefficient (Wildman–Crippen LogP) is 1.83. The fourth-order valence-electron chi connectivity index (χ4n) is 4.50. The van der Waals surface area contributed by atoms with Crippen molar-refractivity contribution in [3.05, 3.63) is 57.5 Å². The first kappa shape index (κ1) is 19.0. The maximum absolute atomic E-state index is 13.1. The molecule has 3 aliphatic rings. The van der Waals surface area contributed by atoms with Gasteiger partial charge in [0, 0.05) is 43.4 Å². The number of carbonyl (C=O) groups is 2. The van der Waals surface area contributed by atoms with Gasteiger partial charge in [-0.25, -0.2) is 4.98 Å². The van der Waals surface area contributed by atoms with E-state index >= 15 is 0 Å². The molecule has 2 aliphatic heterocycles. The molecule has 30 heavy (non-hydrogen) atoms. The first-order valence-corrected chi connectivity index (χ1v) is 10.7. The predicted molar refractivity (Wildman–Crippen MR) is 109 cm³/mol. The highest BCUT2D eigenvalue weighted by Gasteiger charge is 2.36. The van der Waals surface area contributed by atoms with E-state index in [2.05, 4.69) is 9.97 Å². The van der Waals surface area contributed by atoms with Crippen molar-refractivity contribution < 1.29 is 9.59 Å².